The number of oxazole rings is 1. The van der Waals surface area contributed by atoms with Gasteiger partial charge in [-0.25, -0.2) is 0 Å². The lowest BCUT2D eigenvalue weighted by Crippen LogP contribution is -2.36. The zero-order chi connectivity index (χ0) is 21.1. The van der Waals surface area contributed by atoms with Crippen LogP contribution < -0.4 is 14.6 Å². The van der Waals surface area contributed by atoms with E-state index in [0.717, 1.165) is 28.9 Å². The first-order chi connectivity index (χ1) is 14.4. The average molecular weight is 445 g/mol. The van der Waals surface area contributed by atoms with Crippen LogP contribution in [0.5, 0.6) is 5.75 Å². The number of fused-ring (bicyclic) bond motifs is 2. The molecule has 3 N–H and O–H groups in total. The molecule has 2 heterocycles. The van der Waals surface area contributed by atoms with Crippen molar-refractivity contribution in [1.29, 1.82) is 0 Å². The average Bonchev–Trinajstić information content (AvgIpc) is 3.27. The molecule has 0 fully saturated rings. The van der Waals surface area contributed by atoms with E-state index in [9.17, 15) is 8.42 Å². The van der Waals surface area contributed by atoms with E-state index >= 15 is 0 Å². The highest BCUT2D eigenvalue weighted by Crippen LogP contribution is 2.33. The van der Waals surface area contributed by atoms with E-state index in [1.54, 1.807) is 0 Å². The number of hydrogen-bond donors (Lipinski definition) is 2. The number of para-hydroxylation sites is 4. The Hall–Kier alpha value is -3.14. The lowest BCUT2D eigenvalue weighted by molar-refractivity contribution is -0.677. The van der Waals surface area contributed by atoms with Gasteiger partial charge in [-0.2, -0.15) is 13.0 Å². The largest absolute Gasteiger partial charge is 0.870 e. The molecule has 0 aliphatic carbocycles. The fourth-order valence-electron chi connectivity index (χ4n) is 3.37. The van der Waals surface area contributed by atoms with E-state index < -0.39 is 10.1 Å². The number of anilines is 1. The van der Waals surface area contributed by atoms with Gasteiger partial charge in [-0.1, -0.05) is 31.2 Å². The van der Waals surface area contributed by atoms with E-state index in [-0.39, 0.29) is 17.6 Å². The van der Waals surface area contributed by atoms with Crippen LogP contribution in [-0.4, -0.2) is 24.2 Å². The molecule has 0 amide bonds. The molecule has 1 aliphatic rings. The first-order valence-electron chi connectivity index (χ1n) is 9.75. The number of rotatable bonds is 7. The number of aromatic nitrogens is 1. The second-order valence-corrected chi connectivity index (χ2v) is 8.58. The van der Waals surface area contributed by atoms with Crippen LogP contribution in [0.15, 0.2) is 70.5 Å². The van der Waals surface area contributed by atoms with Gasteiger partial charge in [0.25, 0.3) is 15.6 Å². The first-order valence-corrected chi connectivity index (χ1v) is 11.4. The minimum Gasteiger partial charge on any atom is -0.870 e. The topological polar surface area (TPSA) is 123 Å². The molecular formula is C22H24N2O6S. The third-order valence-corrected chi connectivity index (χ3v) is 5.62. The van der Waals surface area contributed by atoms with Gasteiger partial charge in [0.1, 0.15) is 0 Å². The molecule has 0 spiro atoms. The molecular weight excluding hydrogens is 420 g/mol. The summed E-state index contributed by atoms with van der Waals surface area (Å²) in [6.45, 7) is 2.44. The Kier molecular flexibility index (Phi) is 6.79. The molecule has 8 nitrogen and oxygen atoms in total. The molecule has 164 valence electrons. The van der Waals surface area contributed by atoms with Gasteiger partial charge >= 0.3 is 5.89 Å². The van der Waals surface area contributed by atoms with Gasteiger partial charge in [0, 0.05) is 18.6 Å². The second-order valence-electron chi connectivity index (χ2n) is 7.00. The summed E-state index contributed by atoms with van der Waals surface area (Å²) in [7, 11) is -4.01. The number of nitrogens with zero attached hydrogens (tertiary/aromatic N) is 1. The van der Waals surface area contributed by atoms with E-state index in [1.165, 1.54) is 0 Å². The summed E-state index contributed by atoms with van der Waals surface area (Å²) in [5, 5.41) is 3.24. The Morgan fingerprint density at radius 2 is 1.90 bits per heavy atom. The summed E-state index contributed by atoms with van der Waals surface area (Å²) in [6, 6.07) is 15.3. The summed E-state index contributed by atoms with van der Waals surface area (Å²) < 4.78 is 45.0. The lowest BCUT2D eigenvalue weighted by atomic mass is 10.2. The highest BCUT2D eigenvalue weighted by molar-refractivity contribution is 7.85. The number of nitrogens with one attached hydrogen (secondary N) is 1. The van der Waals surface area contributed by atoms with Crippen molar-refractivity contribution in [2.24, 2.45) is 0 Å². The fraction of sp³-hybridized carbons (Fsp3) is 0.227. The van der Waals surface area contributed by atoms with E-state index in [0.29, 0.717) is 23.9 Å². The monoisotopic (exact) mass is 444 g/mol. The molecule has 4 rings (SSSR count). The van der Waals surface area contributed by atoms with Crippen LogP contribution >= 0.6 is 0 Å². The fourth-order valence-corrected chi connectivity index (χ4v) is 3.86. The smallest absolute Gasteiger partial charge is 0.374 e. The van der Waals surface area contributed by atoms with Crippen LogP contribution in [0, 0.1) is 0 Å². The van der Waals surface area contributed by atoms with Crippen molar-refractivity contribution in [3.8, 4) is 5.75 Å². The minimum absolute atomic E-state index is 0. The van der Waals surface area contributed by atoms with E-state index in [1.807, 2.05) is 72.2 Å². The zero-order valence-corrected chi connectivity index (χ0v) is 17.8. The molecule has 9 heteroatoms. The molecule has 0 atom stereocenters. The quantitative estimate of drug-likeness (QED) is 0.418. The predicted molar refractivity (Wildman–Crippen MR) is 116 cm³/mol. The summed E-state index contributed by atoms with van der Waals surface area (Å²) in [5.41, 5.74) is 3.47. The van der Waals surface area contributed by atoms with Crippen molar-refractivity contribution in [3.63, 3.8) is 0 Å². The Morgan fingerprint density at radius 1 is 1.16 bits per heavy atom. The van der Waals surface area contributed by atoms with Crippen LogP contribution in [0.25, 0.3) is 17.2 Å². The van der Waals surface area contributed by atoms with Crippen LogP contribution in [0.2, 0.25) is 0 Å². The van der Waals surface area contributed by atoms with Gasteiger partial charge in [0.2, 0.25) is 5.58 Å². The standard InChI is InChI=1S/C22H22N2O5S.H2O/c1-2-16(14-21-23-17-8-3-5-10-19(17)28-21)15-22-24(12-7-13-30(25,26)27)18-9-4-6-11-20(18)29-22;/h3-6,8-11,14-15H,2,7,12-13H2,1H3,(H,25,26,27);1H2. The van der Waals surface area contributed by atoms with Gasteiger partial charge in [-0.05, 0) is 30.2 Å². The number of allylic oxidation sites excluding steroid dienone is 2. The predicted octanol–water partition coefficient (Wildman–Crippen LogP) is 3.96. The Balaban J connectivity index is 0.00000272. The zero-order valence-electron chi connectivity index (χ0n) is 17.0. The van der Waals surface area contributed by atoms with Crippen molar-refractivity contribution in [1.82, 2.24) is 0 Å². The Bertz CT molecular complexity index is 1220. The molecule has 0 saturated heterocycles. The number of aryl methyl sites for hydroxylation is 1. The van der Waals surface area contributed by atoms with Crippen LogP contribution in [0.3, 0.4) is 0 Å². The maximum Gasteiger partial charge on any atom is 0.374 e. The molecule has 1 aliphatic heterocycles. The van der Waals surface area contributed by atoms with Crippen molar-refractivity contribution in [2.45, 2.75) is 26.3 Å². The van der Waals surface area contributed by atoms with Gasteiger partial charge in [0.05, 0.1) is 17.5 Å². The molecule has 31 heavy (non-hydrogen) atoms. The Labute approximate surface area is 180 Å². The maximum absolute atomic E-state index is 11.1. The third-order valence-electron chi connectivity index (χ3n) is 4.82. The van der Waals surface area contributed by atoms with Crippen molar-refractivity contribution >= 4 is 33.0 Å². The molecule has 1 aromatic heterocycles. The molecule has 3 aromatic rings. The van der Waals surface area contributed by atoms with E-state index in [4.69, 9.17) is 13.7 Å². The summed E-state index contributed by atoms with van der Waals surface area (Å²) in [6.07, 6.45) is 4.87. The van der Waals surface area contributed by atoms with Gasteiger partial charge < -0.3 is 19.9 Å². The minimum atomic E-state index is -4.01. The molecule has 0 bridgehead atoms. The van der Waals surface area contributed by atoms with Crippen LogP contribution in [-0.2, 0) is 16.7 Å². The van der Waals surface area contributed by atoms with Crippen LogP contribution in [0.4, 0.5) is 5.69 Å². The summed E-state index contributed by atoms with van der Waals surface area (Å²) >= 11 is 0. The van der Waals surface area contributed by atoms with E-state index in [2.05, 4.69) is 5.32 Å². The molecule has 0 radical (unpaired) electrons. The van der Waals surface area contributed by atoms with Gasteiger partial charge in [-0.15, -0.1) is 0 Å². The molecule has 0 saturated carbocycles. The number of benzene rings is 2. The lowest BCUT2D eigenvalue weighted by Gasteiger charge is -2.01. The second kappa shape index (κ2) is 9.34. The van der Waals surface area contributed by atoms with Gasteiger partial charge in [-0.3, -0.25) is 4.55 Å². The number of hydrogen-bond acceptors (Lipinski definition) is 6. The number of ether oxygens (including phenoxy) is 1. The molecule has 0 unspecified atom stereocenters. The third kappa shape index (κ3) is 5.32. The summed E-state index contributed by atoms with van der Waals surface area (Å²) in [4.78, 5) is 0. The normalized spacial score (nSPS) is 14.8. The summed E-state index contributed by atoms with van der Waals surface area (Å²) in [5.74, 6) is 1.72. The Morgan fingerprint density at radius 3 is 2.65 bits per heavy atom. The SMILES string of the molecule is CCC(=Cc1oc2ccccc2[n+]1CCCS(=O)(=O)O)C=C1Nc2ccccc2O1.[OH-]. The molecule has 2 aromatic carbocycles. The highest BCUT2D eigenvalue weighted by atomic mass is 32.2. The van der Waals surface area contributed by atoms with Crippen LogP contribution in [0.1, 0.15) is 25.7 Å². The van der Waals surface area contributed by atoms with Crippen molar-refractivity contribution < 1.29 is 32.2 Å². The van der Waals surface area contributed by atoms with Crippen molar-refractivity contribution in [3.05, 3.63) is 72.0 Å². The van der Waals surface area contributed by atoms with Crippen molar-refractivity contribution in [2.75, 3.05) is 11.1 Å². The van der Waals surface area contributed by atoms with Gasteiger partial charge in [0.15, 0.2) is 18.2 Å². The maximum atomic E-state index is 11.1. The highest BCUT2D eigenvalue weighted by Gasteiger charge is 2.22. The first kappa shape index (κ1) is 22.5.